The number of nitriles is 1. The number of nitrogens with zero attached hydrogens (tertiary/aromatic N) is 3. The summed E-state index contributed by atoms with van der Waals surface area (Å²) >= 11 is 0. The molecule has 0 atom stereocenters. The monoisotopic (exact) mass is 226 g/mol. The summed E-state index contributed by atoms with van der Waals surface area (Å²) in [7, 11) is 0. The maximum Gasteiger partial charge on any atom is 0.217 e. The lowest BCUT2D eigenvalue weighted by molar-refractivity contribution is 0.722. The molecule has 17 heavy (non-hydrogen) atoms. The van der Waals surface area contributed by atoms with Crippen LogP contribution in [0.3, 0.4) is 0 Å². The Hall–Kier alpha value is -2.12. The SMILES string of the molecule is CCNCc1ccccc1-n1ccnc1C#N. The van der Waals surface area contributed by atoms with Gasteiger partial charge in [-0.1, -0.05) is 25.1 Å². The van der Waals surface area contributed by atoms with E-state index in [2.05, 4.69) is 29.4 Å². The minimum atomic E-state index is 0.411. The lowest BCUT2D eigenvalue weighted by Gasteiger charge is -2.11. The molecule has 0 aliphatic rings. The average molecular weight is 226 g/mol. The predicted octanol–water partition coefficient (Wildman–Crippen LogP) is 1.85. The molecule has 1 aromatic carbocycles. The van der Waals surface area contributed by atoms with Gasteiger partial charge < -0.3 is 5.32 Å². The molecule has 0 spiro atoms. The number of para-hydroxylation sites is 1. The first-order chi connectivity index (χ1) is 8.36. The average Bonchev–Trinajstić information content (AvgIpc) is 2.84. The lowest BCUT2D eigenvalue weighted by atomic mass is 10.1. The normalized spacial score (nSPS) is 10.1. The fraction of sp³-hybridized carbons (Fsp3) is 0.231. The zero-order valence-electron chi connectivity index (χ0n) is 9.72. The van der Waals surface area contributed by atoms with Crippen LogP contribution in [0.1, 0.15) is 18.3 Å². The van der Waals surface area contributed by atoms with E-state index in [1.807, 2.05) is 29.0 Å². The summed E-state index contributed by atoms with van der Waals surface area (Å²) in [6.07, 6.45) is 3.45. The van der Waals surface area contributed by atoms with Gasteiger partial charge in [-0.25, -0.2) is 4.98 Å². The standard InChI is InChI=1S/C13H14N4/c1-2-15-10-11-5-3-4-6-12(11)17-8-7-16-13(17)9-14/h3-8,15H,2,10H2,1H3. The Bertz CT molecular complexity index is 536. The van der Waals surface area contributed by atoms with Gasteiger partial charge in [-0.05, 0) is 18.2 Å². The van der Waals surface area contributed by atoms with E-state index in [1.54, 1.807) is 6.20 Å². The first-order valence-corrected chi connectivity index (χ1v) is 5.59. The van der Waals surface area contributed by atoms with Crippen LogP contribution in [0.5, 0.6) is 0 Å². The Balaban J connectivity index is 2.41. The van der Waals surface area contributed by atoms with Gasteiger partial charge in [0, 0.05) is 18.9 Å². The van der Waals surface area contributed by atoms with Gasteiger partial charge in [-0.2, -0.15) is 5.26 Å². The molecule has 0 amide bonds. The van der Waals surface area contributed by atoms with E-state index in [1.165, 1.54) is 0 Å². The van der Waals surface area contributed by atoms with E-state index in [-0.39, 0.29) is 0 Å². The van der Waals surface area contributed by atoms with Gasteiger partial charge in [-0.3, -0.25) is 4.57 Å². The van der Waals surface area contributed by atoms with Crippen LogP contribution in [-0.2, 0) is 6.54 Å². The summed E-state index contributed by atoms with van der Waals surface area (Å²) in [5.41, 5.74) is 2.16. The Morgan fingerprint density at radius 2 is 2.24 bits per heavy atom. The Morgan fingerprint density at radius 3 is 3.00 bits per heavy atom. The van der Waals surface area contributed by atoms with Gasteiger partial charge >= 0.3 is 0 Å². The molecule has 0 saturated heterocycles. The number of hydrogen-bond donors (Lipinski definition) is 1. The van der Waals surface area contributed by atoms with Crippen molar-refractivity contribution < 1.29 is 0 Å². The van der Waals surface area contributed by atoms with Crippen LogP contribution < -0.4 is 5.32 Å². The van der Waals surface area contributed by atoms with E-state index in [9.17, 15) is 0 Å². The molecule has 0 fully saturated rings. The van der Waals surface area contributed by atoms with Gasteiger partial charge in [0.2, 0.25) is 5.82 Å². The van der Waals surface area contributed by atoms with Crippen LogP contribution in [0.25, 0.3) is 5.69 Å². The molecule has 4 heteroatoms. The van der Waals surface area contributed by atoms with E-state index < -0.39 is 0 Å². The van der Waals surface area contributed by atoms with Crippen molar-refractivity contribution in [2.45, 2.75) is 13.5 Å². The molecule has 2 rings (SSSR count). The molecule has 1 heterocycles. The molecule has 0 bridgehead atoms. The highest BCUT2D eigenvalue weighted by Gasteiger charge is 2.07. The van der Waals surface area contributed by atoms with Crippen molar-refractivity contribution in [3.05, 3.63) is 48.0 Å². The third-order valence-electron chi connectivity index (χ3n) is 2.56. The van der Waals surface area contributed by atoms with Crippen LogP contribution in [0.2, 0.25) is 0 Å². The molecule has 1 N–H and O–H groups in total. The second-order valence-electron chi connectivity index (χ2n) is 3.64. The summed E-state index contributed by atoms with van der Waals surface area (Å²) in [4.78, 5) is 4.01. The molecular weight excluding hydrogens is 212 g/mol. The van der Waals surface area contributed by atoms with Crippen molar-refractivity contribution in [2.24, 2.45) is 0 Å². The predicted molar refractivity (Wildman–Crippen MR) is 65.7 cm³/mol. The van der Waals surface area contributed by atoms with Gasteiger partial charge in [0.1, 0.15) is 6.07 Å². The van der Waals surface area contributed by atoms with Crippen LogP contribution in [-0.4, -0.2) is 16.1 Å². The Labute approximate surface area is 101 Å². The first kappa shape index (κ1) is 11.4. The van der Waals surface area contributed by atoms with Crippen molar-refractivity contribution >= 4 is 0 Å². The summed E-state index contributed by atoms with van der Waals surface area (Å²) in [5.74, 6) is 0.411. The quantitative estimate of drug-likeness (QED) is 0.865. The van der Waals surface area contributed by atoms with E-state index in [4.69, 9.17) is 5.26 Å². The highest BCUT2D eigenvalue weighted by Crippen LogP contribution is 2.15. The molecule has 4 nitrogen and oxygen atoms in total. The topological polar surface area (TPSA) is 53.6 Å². The van der Waals surface area contributed by atoms with Gasteiger partial charge in [0.05, 0.1) is 5.69 Å². The van der Waals surface area contributed by atoms with E-state index in [0.717, 1.165) is 24.3 Å². The summed E-state index contributed by atoms with van der Waals surface area (Å²) in [6.45, 7) is 3.78. The number of hydrogen-bond acceptors (Lipinski definition) is 3. The van der Waals surface area contributed by atoms with Crippen molar-refractivity contribution in [1.29, 1.82) is 5.26 Å². The van der Waals surface area contributed by atoms with Crippen LogP contribution >= 0.6 is 0 Å². The van der Waals surface area contributed by atoms with Crippen molar-refractivity contribution in [1.82, 2.24) is 14.9 Å². The number of benzene rings is 1. The zero-order valence-corrected chi connectivity index (χ0v) is 9.72. The van der Waals surface area contributed by atoms with Crippen LogP contribution in [0, 0.1) is 11.3 Å². The van der Waals surface area contributed by atoms with Gasteiger partial charge in [-0.15, -0.1) is 0 Å². The first-order valence-electron chi connectivity index (χ1n) is 5.59. The maximum absolute atomic E-state index is 8.99. The van der Waals surface area contributed by atoms with Gasteiger partial charge in [0.25, 0.3) is 0 Å². The van der Waals surface area contributed by atoms with Gasteiger partial charge in [0.15, 0.2) is 0 Å². The third kappa shape index (κ3) is 2.35. The van der Waals surface area contributed by atoms with E-state index in [0.29, 0.717) is 5.82 Å². The number of imidazole rings is 1. The third-order valence-corrected chi connectivity index (χ3v) is 2.56. The molecule has 2 aromatic rings. The minimum Gasteiger partial charge on any atom is -0.313 e. The highest BCUT2D eigenvalue weighted by atomic mass is 15.1. The Morgan fingerprint density at radius 1 is 1.41 bits per heavy atom. The summed E-state index contributed by atoms with van der Waals surface area (Å²) in [5, 5.41) is 12.3. The summed E-state index contributed by atoms with van der Waals surface area (Å²) < 4.78 is 1.81. The Kier molecular flexibility index (Phi) is 3.53. The van der Waals surface area contributed by atoms with Crippen molar-refractivity contribution in [3.8, 4) is 11.8 Å². The second kappa shape index (κ2) is 5.28. The molecule has 0 aliphatic heterocycles. The summed E-state index contributed by atoms with van der Waals surface area (Å²) in [6, 6.07) is 10.1. The second-order valence-corrected chi connectivity index (χ2v) is 3.64. The number of rotatable bonds is 4. The molecule has 1 aromatic heterocycles. The van der Waals surface area contributed by atoms with Crippen LogP contribution in [0.4, 0.5) is 0 Å². The minimum absolute atomic E-state index is 0.411. The van der Waals surface area contributed by atoms with Crippen LogP contribution in [0.15, 0.2) is 36.7 Å². The molecule has 0 unspecified atom stereocenters. The molecule has 0 aliphatic carbocycles. The maximum atomic E-state index is 8.99. The zero-order chi connectivity index (χ0) is 12.1. The van der Waals surface area contributed by atoms with Crippen molar-refractivity contribution in [3.63, 3.8) is 0 Å². The number of nitrogens with one attached hydrogen (secondary N) is 1. The molecular formula is C13H14N4. The lowest BCUT2D eigenvalue weighted by Crippen LogP contribution is -2.14. The largest absolute Gasteiger partial charge is 0.313 e. The highest BCUT2D eigenvalue weighted by molar-refractivity contribution is 5.43. The molecule has 0 radical (unpaired) electrons. The van der Waals surface area contributed by atoms with Crippen molar-refractivity contribution in [2.75, 3.05) is 6.54 Å². The fourth-order valence-electron chi connectivity index (χ4n) is 1.74. The molecule has 86 valence electrons. The fourth-order valence-corrected chi connectivity index (χ4v) is 1.74. The smallest absolute Gasteiger partial charge is 0.217 e. The molecule has 0 saturated carbocycles. The number of aromatic nitrogens is 2. The van der Waals surface area contributed by atoms with E-state index >= 15 is 0 Å².